The third kappa shape index (κ3) is 5.99. The molecule has 2 aromatic carbocycles. The van der Waals surface area contributed by atoms with Gasteiger partial charge in [0, 0.05) is 55.8 Å². The average molecular weight is 594 g/mol. The number of sulfonamides is 1. The molecule has 4 rings (SSSR count). The fourth-order valence-corrected chi connectivity index (χ4v) is 6.88. The quantitative estimate of drug-likeness (QED) is 0.475. The number of thiocarbonyl (C=S) groups is 1. The van der Waals surface area contributed by atoms with E-state index in [4.69, 9.17) is 12.2 Å². The Labute approximate surface area is 237 Å². The summed E-state index contributed by atoms with van der Waals surface area (Å²) in [6, 6.07) is 13.7. The van der Waals surface area contributed by atoms with Crippen LogP contribution in [0.25, 0.3) is 0 Å². The lowest BCUT2D eigenvalue weighted by molar-refractivity contribution is -0.258. The number of rotatable bonds is 7. The number of alkyl halides is 3. The molecule has 1 aliphatic carbocycles. The molecule has 12 heteroatoms. The molecule has 2 aromatic rings. The number of amides is 1. The van der Waals surface area contributed by atoms with Crippen molar-refractivity contribution < 1.29 is 31.5 Å². The number of para-hydroxylation sites is 1. The summed E-state index contributed by atoms with van der Waals surface area (Å²) in [6.07, 6.45) is 0.412. The Bertz CT molecular complexity index is 1420. The summed E-state index contributed by atoms with van der Waals surface area (Å²) < 4.78 is 68.6. The van der Waals surface area contributed by atoms with E-state index in [1.807, 2.05) is 11.0 Å². The third-order valence-electron chi connectivity index (χ3n) is 7.18. The van der Waals surface area contributed by atoms with Crippen LogP contribution in [0, 0.1) is 0 Å². The highest BCUT2D eigenvalue weighted by molar-refractivity contribution is 7.96. The maximum atomic E-state index is 13.6. The van der Waals surface area contributed by atoms with E-state index >= 15 is 0 Å². The Morgan fingerprint density at radius 2 is 1.75 bits per heavy atom. The van der Waals surface area contributed by atoms with E-state index in [9.17, 15) is 31.5 Å². The third-order valence-corrected chi connectivity index (χ3v) is 9.64. The number of hydrogen-bond acceptors (Lipinski definition) is 6. The highest BCUT2D eigenvalue weighted by Gasteiger charge is 2.51. The van der Waals surface area contributed by atoms with Gasteiger partial charge in [-0.15, -0.1) is 0 Å². The normalized spacial score (nSPS) is 20.1. The lowest BCUT2D eigenvalue weighted by Gasteiger charge is -2.44. The number of nitrogens with zero attached hydrogens (tertiary/aromatic N) is 3. The van der Waals surface area contributed by atoms with Gasteiger partial charge in [-0.25, -0.2) is 8.42 Å². The number of allylic oxidation sites excluding steroid dienone is 4. The number of halogens is 3. The van der Waals surface area contributed by atoms with Crippen molar-refractivity contribution in [1.82, 2.24) is 4.31 Å². The Morgan fingerprint density at radius 3 is 2.33 bits per heavy atom. The Morgan fingerprint density at radius 1 is 1.10 bits per heavy atom. The molecule has 2 aliphatic rings. The first-order chi connectivity index (χ1) is 18.7. The maximum absolute atomic E-state index is 13.6. The Kier molecular flexibility index (Phi) is 8.55. The van der Waals surface area contributed by atoms with Crippen LogP contribution in [0.2, 0.25) is 0 Å². The number of aliphatic hydroxyl groups is 1. The molecule has 0 aromatic heterocycles. The van der Waals surface area contributed by atoms with E-state index in [0.717, 1.165) is 0 Å². The van der Waals surface area contributed by atoms with Gasteiger partial charge in [-0.1, -0.05) is 54.7 Å². The zero-order valence-corrected chi connectivity index (χ0v) is 23.6. The van der Waals surface area contributed by atoms with Crippen molar-refractivity contribution in [2.75, 3.05) is 36.0 Å². The molecule has 0 radical (unpaired) electrons. The molecule has 1 aliphatic heterocycles. The van der Waals surface area contributed by atoms with Crippen LogP contribution in [0.15, 0.2) is 77.7 Å². The van der Waals surface area contributed by atoms with Gasteiger partial charge in [-0.05, 0) is 42.8 Å². The van der Waals surface area contributed by atoms with Crippen LogP contribution in [0.4, 0.5) is 24.5 Å². The topological polar surface area (TPSA) is 81.2 Å². The standard InChI is InChI=1S/C28H30F3N3O4S2/c1-20(35)34(22-8-4-3-5-9-22)19-24-18-32(40(37,38)26-11-7-6-10-25(26)39)16-17-33(24)23-14-12-21(13-15-23)27(2,36)28(29,30)31/h3-9,11-15,24,36H,10,16-19H2,1-2H3/t24-,27+/m1/s1. The molecular formula is C28H30F3N3O4S2. The summed E-state index contributed by atoms with van der Waals surface area (Å²) in [4.78, 5) is 16.5. The molecule has 2 atom stereocenters. The maximum Gasteiger partial charge on any atom is 0.421 e. The molecular weight excluding hydrogens is 563 g/mol. The van der Waals surface area contributed by atoms with Crippen LogP contribution >= 0.6 is 12.2 Å². The van der Waals surface area contributed by atoms with Crippen molar-refractivity contribution in [3.05, 3.63) is 83.3 Å². The fraction of sp³-hybridized carbons (Fsp3) is 0.357. The summed E-state index contributed by atoms with van der Waals surface area (Å²) in [7, 11) is -3.92. The van der Waals surface area contributed by atoms with E-state index < -0.39 is 27.8 Å². The van der Waals surface area contributed by atoms with Crippen LogP contribution in [-0.2, 0) is 20.4 Å². The van der Waals surface area contributed by atoms with Gasteiger partial charge in [0.1, 0.15) is 0 Å². The first-order valence-electron chi connectivity index (χ1n) is 12.6. The Hall–Kier alpha value is -3.06. The molecule has 1 saturated heterocycles. The number of piperazine rings is 1. The van der Waals surface area contributed by atoms with Crippen molar-refractivity contribution in [1.29, 1.82) is 0 Å². The zero-order chi connectivity index (χ0) is 29.3. The summed E-state index contributed by atoms with van der Waals surface area (Å²) in [6.45, 7) is 2.57. The number of benzene rings is 2. The molecule has 0 unspecified atom stereocenters. The molecule has 1 N–H and O–H groups in total. The Balaban J connectivity index is 1.69. The lowest BCUT2D eigenvalue weighted by atomic mass is 9.95. The van der Waals surface area contributed by atoms with Gasteiger partial charge in [0.25, 0.3) is 0 Å². The van der Waals surface area contributed by atoms with Gasteiger partial charge in [-0.2, -0.15) is 17.5 Å². The SMILES string of the molecule is CC(=O)N(C[C@H]1CN(S(=O)(=O)C2=CC=CCC2=S)CCN1c1ccc([C@](C)(O)C(F)(F)F)cc1)c1ccccc1. The van der Waals surface area contributed by atoms with Crippen molar-refractivity contribution in [3.63, 3.8) is 0 Å². The van der Waals surface area contributed by atoms with Crippen LogP contribution in [0.3, 0.4) is 0 Å². The monoisotopic (exact) mass is 593 g/mol. The first kappa shape index (κ1) is 29.9. The van der Waals surface area contributed by atoms with Crippen LogP contribution < -0.4 is 9.80 Å². The molecule has 1 fully saturated rings. The predicted molar refractivity (Wildman–Crippen MR) is 153 cm³/mol. The van der Waals surface area contributed by atoms with Crippen LogP contribution in [0.5, 0.6) is 0 Å². The largest absolute Gasteiger partial charge is 0.421 e. The van der Waals surface area contributed by atoms with Crippen molar-refractivity contribution in [3.8, 4) is 0 Å². The summed E-state index contributed by atoms with van der Waals surface area (Å²) in [5, 5.41) is 10.1. The second-order valence-corrected chi connectivity index (χ2v) is 12.3. The van der Waals surface area contributed by atoms with Crippen molar-refractivity contribution in [2.24, 2.45) is 0 Å². The van der Waals surface area contributed by atoms with E-state index in [-0.39, 0.29) is 42.6 Å². The molecule has 0 bridgehead atoms. The van der Waals surface area contributed by atoms with Crippen LogP contribution in [-0.4, -0.2) is 67.0 Å². The zero-order valence-electron chi connectivity index (χ0n) is 22.0. The minimum Gasteiger partial charge on any atom is -0.376 e. The summed E-state index contributed by atoms with van der Waals surface area (Å²) in [5.74, 6) is -0.246. The van der Waals surface area contributed by atoms with Crippen LogP contribution in [0.1, 0.15) is 25.8 Å². The van der Waals surface area contributed by atoms with Gasteiger partial charge in [0.05, 0.1) is 10.9 Å². The second-order valence-electron chi connectivity index (χ2n) is 9.88. The lowest BCUT2D eigenvalue weighted by Crippen LogP contribution is -2.59. The van der Waals surface area contributed by atoms with E-state index in [0.29, 0.717) is 29.6 Å². The average Bonchev–Trinajstić information content (AvgIpc) is 2.91. The minimum absolute atomic E-state index is 0.0185. The highest BCUT2D eigenvalue weighted by atomic mass is 32.2. The second kappa shape index (κ2) is 11.4. The minimum atomic E-state index is -4.86. The number of anilines is 2. The van der Waals surface area contributed by atoms with Gasteiger partial charge < -0.3 is 14.9 Å². The molecule has 7 nitrogen and oxygen atoms in total. The smallest absolute Gasteiger partial charge is 0.376 e. The molecule has 0 saturated carbocycles. The number of hydrogen-bond donors (Lipinski definition) is 1. The van der Waals surface area contributed by atoms with Crippen molar-refractivity contribution in [2.45, 2.75) is 38.1 Å². The molecule has 1 amide bonds. The van der Waals surface area contributed by atoms with Gasteiger partial charge in [0.15, 0.2) is 5.60 Å². The number of carbonyl (C=O) groups excluding carboxylic acids is 1. The van der Waals surface area contributed by atoms with Crippen molar-refractivity contribution >= 4 is 44.4 Å². The molecule has 214 valence electrons. The van der Waals surface area contributed by atoms with Gasteiger partial charge in [0.2, 0.25) is 15.9 Å². The van der Waals surface area contributed by atoms with Gasteiger partial charge >= 0.3 is 6.18 Å². The molecule has 1 heterocycles. The number of carbonyl (C=O) groups is 1. The molecule has 40 heavy (non-hydrogen) atoms. The highest BCUT2D eigenvalue weighted by Crippen LogP contribution is 2.39. The van der Waals surface area contributed by atoms with E-state index in [2.05, 4.69) is 0 Å². The summed E-state index contributed by atoms with van der Waals surface area (Å²) in [5.41, 5.74) is -2.18. The van der Waals surface area contributed by atoms with E-state index in [1.165, 1.54) is 41.6 Å². The predicted octanol–water partition coefficient (Wildman–Crippen LogP) is 4.54. The fourth-order valence-electron chi connectivity index (χ4n) is 4.81. The van der Waals surface area contributed by atoms with E-state index in [1.54, 1.807) is 41.3 Å². The molecule has 0 spiro atoms. The summed E-state index contributed by atoms with van der Waals surface area (Å²) >= 11 is 5.32. The first-order valence-corrected chi connectivity index (χ1v) is 14.5. The van der Waals surface area contributed by atoms with Gasteiger partial charge in [-0.3, -0.25) is 4.79 Å².